The van der Waals surface area contributed by atoms with E-state index in [1.807, 2.05) is 18.2 Å². The Bertz CT molecular complexity index is 863. The molecule has 168 valence electrons. The fourth-order valence-electron chi connectivity index (χ4n) is 5.21. The lowest BCUT2D eigenvalue weighted by atomic mass is 9.90. The SMILES string of the molecule is COc1ccc(OC)c(C2CCCN2C(=O)CN2C(=O)NC3(CCCCCC3)C2=O)c1. The summed E-state index contributed by atoms with van der Waals surface area (Å²) in [6, 6.07) is 4.93. The Hall–Kier alpha value is -2.77. The van der Waals surface area contributed by atoms with Crippen LogP contribution in [-0.4, -0.2) is 60.5 Å². The summed E-state index contributed by atoms with van der Waals surface area (Å²) in [5, 5.41) is 2.91. The molecule has 1 N–H and O–H groups in total. The molecule has 1 aromatic rings. The highest BCUT2D eigenvalue weighted by Crippen LogP contribution is 2.39. The Morgan fingerprint density at radius 2 is 1.84 bits per heavy atom. The minimum absolute atomic E-state index is 0.176. The van der Waals surface area contributed by atoms with Crippen molar-refractivity contribution in [1.29, 1.82) is 0 Å². The van der Waals surface area contributed by atoms with Crippen molar-refractivity contribution in [3.63, 3.8) is 0 Å². The lowest BCUT2D eigenvalue weighted by Gasteiger charge is -2.28. The van der Waals surface area contributed by atoms with Gasteiger partial charge in [-0.25, -0.2) is 4.79 Å². The van der Waals surface area contributed by atoms with Crippen LogP contribution >= 0.6 is 0 Å². The van der Waals surface area contributed by atoms with Gasteiger partial charge in [-0.05, 0) is 43.9 Å². The maximum atomic E-state index is 13.2. The zero-order valence-electron chi connectivity index (χ0n) is 18.3. The molecule has 1 spiro atoms. The second kappa shape index (κ2) is 8.77. The monoisotopic (exact) mass is 429 g/mol. The van der Waals surface area contributed by atoms with Gasteiger partial charge in [0.1, 0.15) is 23.6 Å². The molecule has 8 nitrogen and oxygen atoms in total. The van der Waals surface area contributed by atoms with Gasteiger partial charge in [-0.2, -0.15) is 0 Å². The number of ether oxygens (including phenoxy) is 2. The van der Waals surface area contributed by atoms with Crippen molar-refractivity contribution in [3.8, 4) is 11.5 Å². The summed E-state index contributed by atoms with van der Waals surface area (Å²) in [5.74, 6) is 0.918. The molecule has 0 bridgehead atoms. The first-order chi connectivity index (χ1) is 15.0. The molecule has 2 aliphatic heterocycles. The highest BCUT2D eigenvalue weighted by Gasteiger charge is 2.51. The van der Waals surface area contributed by atoms with E-state index in [1.165, 1.54) is 0 Å². The third kappa shape index (κ3) is 3.95. The number of nitrogens with one attached hydrogen (secondary N) is 1. The maximum Gasteiger partial charge on any atom is 0.325 e. The summed E-state index contributed by atoms with van der Waals surface area (Å²) >= 11 is 0. The predicted octanol–water partition coefficient (Wildman–Crippen LogP) is 3.01. The molecule has 3 fully saturated rings. The zero-order chi connectivity index (χ0) is 22.0. The van der Waals surface area contributed by atoms with E-state index in [4.69, 9.17) is 9.47 Å². The van der Waals surface area contributed by atoms with Gasteiger partial charge in [0, 0.05) is 12.1 Å². The van der Waals surface area contributed by atoms with Crippen LogP contribution in [0.1, 0.15) is 63.0 Å². The first kappa shape index (κ1) is 21.5. The molecule has 0 aromatic heterocycles. The van der Waals surface area contributed by atoms with Gasteiger partial charge in [0.25, 0.3) is 5.91 Å². The van der Waals surface area contributed by atoms with Crippen LogP contribution in [0.4, 0.5) is 4.79 Å². The maximum absolute atomic E-state index is 13.2. The molecular weight excluding hydrogens is 398 g/mol. The molecule has 0 radical (unpaired) electrons. The summed E-state index contributed by atoms with van der Waals surface area (Å²) in [4.78, 5) is 41.9. The molecule has 1 aromatic carbocycles. The number of methoxy groups -OCH3 is 2. The average Bonchev–Trinajstić information content (AvgIpc) is 3.26. The minimum Gasteiger partial charge on any atom is -0.497 e. The molecule has 1 aliphatic carbocycles. The number of benzene rings is 1. The molecule has 1 atom stereocenters. The van der Waals surface area contributed by atoms with E-state index in [0.717, 1.165) is 49.0 Å². The molecule has 2 saturated heterocycles. The van der Waals surface area contributed by atoms with Gasteiger partial charge in [0.15, 0.2) is 0 Å². The number of amides is 4. The molecule has 4 rings (SSSR count). The van der Waals surface area contributed by atoms with Crippen molar-refractivity contribution >= 4 is 17.8 Å². The number of hydrogen-bond acceptors (Lipinski definition) is 5. The molecule has 3 aliphatic rings. The summed E-state index contributed by atoms with van der Waals surface area (Å²) < 4.78 is 10.9. The van der Waals surface area contributed by atoms with Gasteiger partial charge < -0.3 is 19.7 Å². The van der Waals surface area contributed by atoms with Gasteiger partial charge >= 0.3 is 6.03 Å². The van der Waals surface area contributed by atoms with Crippen LogP contribution in [0.15, 0.2) is 18.2 Å². The Labute approximate surface area is 182 Å². The predicted molar refractivity (Wildman–Crippen MR) is 114 cm³/mol. The van der Waals surface area contributed by atoms with Crippen LogP contribution in [0, 0.1) is 0 Å². The van der Waals surface area contributed by atoms with Crippen molar-refractivity contribution < 1.29 is 23.9 Å². The molecule has 2 heterocycles. The highest BCUT2D eigenvalue weighted by molar-refractivity contribution is 6.09. The standard InChI is InChI=1S/C23H31N3O5/c1-30-16-9-10-19(31-2)17(14-16)18-8-7-13-25(18)20(27)15-26-21(28)23(24-22(26)29)11-5-3-4-6-12-23/h9-10,14,18H,3-8,11-13,15H2,1-2H3,(H,24,29). The number of rotatable bonds is 5. The summed E-state index contributed by atoms with van der Waals surface area (Å²) in [7, 11) is 3.20. The highest BCUT2D eigenvalue weighted by atomic mass is 16.5. The third-order valence-electron chi connectivity index (χ3n) is 6.87. The van der Waals surface area contributed by atoms with E-state index < -0.39 is 11.6 Å². The van der Waals surface area contributed by atoms with Gasteiger partial charge in [-0.15, -0.1) is 0 Å². The minimum atomic E-state index is -0.825. The molecular formula is C23H31N3O5. The number of carbonyl (C=O) groups excluding carboxylic acids is 3. The van der Waals surface area contributed by atoms with E-state index in [1.54, 1.807) is 19.1 Å². The van der Waals surface area contributed by atoms with E-state index in [-0.39, 0.29) is 24.4 Å². The fraction of sp³-hybridized carbons (Fsp3) is 0.609. The summed E-state index contributed by atoms with van der Waals surface area (Å²) in [6.07, 6.45) is 6.91. The van der Waals surface area contributed by atoms with E-state index >= 15 is 0 Å². The first-order valence-electron chi connectivity index (χ1n) is 11.1. The first-order valence-corrected chi connectivity index (χ1v) is 11.1. The van der Waals surface area contributed by atoms with E-state index in [0.29, 0.717) is 30.9 Å². The number of likely N-dealkylation sites (tertiary alicyclic amines) is 1. The van der Waals surface area contributed by atoms with Gasteiger partial charge in [-0.3, -0.25) is 14.5 Å². The number of urea groups is 1. The second-order valence-electron chi connectivity index (χ2n) is 8.67. The zero-order valence-corrected chi connectivity index (χ0v) is 18.3. The molecule has 1 saturated carbocycles. The van der Waals surface area contributed by atoms with Crippen LogP contribution in [0.25, 0.3) is 0 Å². The normalized spacial score (nSPS) is 23.1. The summed E-state index contributed by atoms with van der Waals surface area (Å²) in [5.41, 5.74) is 0.0546. The number of hydrogen-bond donors (Lipinski definition) is 1. The van der Waals surface area contributed by atoms with Crippen molar-refractivity contribution in [3.05, 3.63) is 23.8 Å². The van der Waals surface area contributed by atoms with Gasteiger partial charge in [-0.1, -0.05) is 25.7 Å². The Morgan fingerprint density at radius 3 is 2.52 bits per heavy atom. The van der Waals surface area contributed by atoms with Crippen LogP contribution in [0.2, 0.25) is 0 Å². The Balaban J connectivity index is 1.52. The van der Waals surface area contributed by atoms with Gasteiger partial charge in [0.2, 0.25) is 5.91 Å². The van der Waals surface area contributed by atoms with Crippen molar-refractivity contribution in [2.24, 2.45) is 0 Å². The van der Waals surface area contributed by atoms with Crippen molar-refractivity contribution in [1.82, 2.24) is 15.1 Å². The molecule has 4 amide bonds. The van der Waals surface area contributed by atoms with Crippen molar-refractivity contribution in [2.45, 2.75) is 62.9 Å². The molecule has 1 unspecified atom stereocenters. The third-order valence-corrected chi connectivity index (χ3v) is 6.87. The largest absolute Gasteiger partial charge is 0.497 e. The lowest BCUT2D eigenvalue weighted by molar-refractivity contribution is -0.139. The lowest BCUT2D eigenvalue weighted by Crippen LogP contribution is -2.47. The number of carbonyl (C=O) groups is 3. The number of nitrogens with zero attached hydrogens (tertiary/aromatic N) is 2. The molecule has 8 heteroatoms. The Kier molecular flexibility index (Phi) is 6.07. The quantitative estimate of drug-likeness (QED) is 0.727. The average molecular weight is 430 g/mol. The van der Waals surface area contributed by atoms with Crippen LogP contribution in [0.5, 0.6) is 11.5 Å². The van der Waals surface area contributed by atoms with Crippen LogP contribution in [0.3, 0.4) is 0 Å². The number of imide groups is 1. The van der Waals surface area contributed by atoms with Gasteiger partial charge in [0.05, 0.1) is 20.3 Å². The topological polar surface area (TPSA) is 88.2 Å². The van der Waals surface area contributed by atoms with Crippen molar-refractivity contribution in [2.75, 3.05) is 27.3 Å². The second-order valence-corrected chi connectivity index (χ2v) is 8.67. The van der Waals surface area contributed by atoms with E-state index in [9.17, 15) is 14.4 Å². The van der Waals surface area contributed by atoms with E-state index in [2.05, 4.69) is 5.32 Å². The smallest absolute Gasteiger partial charge is 0.325 e. The molecule has 31 heavy (non-hydrogen) atoms. The Morgan fingerprint density at radius 1 is 1.10 bits per heavy atom. The van der Waals surface area contributed by atoms with Crippen LogP contribution < -0.4 is 14.8 Å². The summed E-state index contributed by atoms with van der Waals surface area (Å²) in [6.45, 7) is 0.355. The fourth-order valence-corrected chi connectivity index (χ4v) is 5.21. The van der Waals surface area contributed by atoms with Crippen LogP contribution in [-0.2, 0) is 9.59 Å².